The van der Waals surface area contributed by atoms with Crippen molar-refractivity contribution in [2.45, 2.75) is 32.2 Å². The second-order valence-corrected chi connectivity index (χ2v) is 4.32. The van der Waals surface area contributed by atoms with Crippen molar-refractivity contribution in [1.29, 1.82) is 0 Å². The molecule has 0 saturated carbocycles. The lowest BCUT2D eigenvalue weighted by molar-refractivity contribution is -0.140. The predicted molar refractivity (Wildman–Crippen MR) is 64.3 cm³/mol. The van der Waals surface area contributed by atoms with Crippen LogP contribution in [0.3, 0.4) is 0 Å². The largest absolute Gasteiger partial charge is 0.416 e. The van der Waals surface area contributed by atoms with Gasteiger partial charge in [-0.3, -0.25) is 0 Å². The molecule has 0 aliphatic carbocycles. The minimum atomic E-state index is -4.36. The zero-order valence-electron chi connectivity index (χ0n) is 10.7. The summed E-state index contributed by atoms with van der Waals surface area (Å²) >= 11 is 0. The van der Waals surface area contributed by atoms with Crippen LogP contribution in [0.5, 0.6) is 0 Å². The molecule has 5 heteroatoms. The number of benzene rings is 1. The van der Waals surface area contributed by atoms with E-state index in [0.717, 1.165) is 6.07 Å². The minimum absolute atomic E-state index is 0.135. The Morgan fingerprint density at radius 3 is 2.33 bits per heavy atom. The van der Waals surface area contributed by atoms with Gasteiger partial charge in [0.2, 0.25) is 0 Å². The number of nitrogens with one attached hydrogen (secondary N) is 1. The molecule has 1 rings (SSSR count). The maximum Gasteiger partial charge on any atom is 0.416 e. The molecule has 18 heavy (non-hydrogen) atoms. The van der Waals surface area contributed by atoms with E-state index in [2.05, 4.69) is 5.32 Å². The van der Waals surface area contributed by atoms with Crippen molar-refractivity contribution in [2.24, 2.45) is 0 Å². The van der Waals surface area contributed by atoms with Gasteiger partial charge in [-0.2, -0.15) is 13.2 Å². The molecule has 0 amide bonds. The summed E-state index contributed by atoms with van der Waals surface area (Å²) in [5.74, 6) is 0. The van der Waals surface area contributed by atoms with Crippen LogP contribution in [0.1, 0.15) is 31.1 Å². The van der Waals surface area contributed by atoms with Crippen LogP contribution >= 0.6 is 0 Å². The lowest BCUT2D eigenvalue weighted by atomic mass is 10.0. The third-order valence-corrected chi connectivity index (χ3v) is 2.44. The second kappa shape index (κ2) is 6.20. The van der Waals surface area contributed by atoms with Crippen molar-refractivity contribution in [3.8, 4) is 0 Å². The first-order chi connectivity index (χ1) is 8.36. The van der Waals surface area contributed by atoms with E-state index < -0.39 is 17.8 Å². The first kappa shape index (κ1) is 15.0. The molecule has 0 bridgehead atoms. The minimum Gasteiger partial charge on any atom is -0.370 e. The molecule has 1 unspecified atom stereocenters. The molecule has 1 N–H and O–H groups in total. The van der Waals surface area contributed by atoms with Gasteiger partial charge in [0, 0.05) is 6.54 Å². The van der Waals surface area contributed by atoms with Crippen LogP contribution in [0, 0.1) is 0 Å². The van der Waals surface area contributed by atoms with Crippen molar-refractivity contribution >= 4 is 0 Å². The number of halogens is 3. The molecule has 0 fully saturated rings. The quantitative estimate of drug-likeness (QED) is 0.877. The van der Waals surface area contributed by atoms with E-state index >= 15 is 0 Å². The zero-order chi connectivity index (χ0) is 13.8. The SMILES string of the molecule is CNCC(OC(C)C)c1ccccc1C(F)(F)F. The van der Waals surface area contributed by atoms with Gasteiger partial charge in [-0.1, -0.05) is 18.2 Å². The van der Waals surface area contributed by atoms with Gasteiger partial charge in [-0.15, -0.1) is 0 Å². The maximum absolute atomic E-state index is 12.9. The Morgan fingerprint density at radius 1 is 1.22 bits per heavy atom. The van der Waals surface area contributed by atoms with Gasteiger partial charge in [0.1, 0.15) is 0 Å². The Labute approximate surface area is 105 Å². The number of hydrogen-bond donors (Lipinski definition) is 1. The van der Waals surface area contributed by atoms with E-state index in [-0.39, 0.29) is 11.7 Å². The first-order valence-corrected chi connectivity index (χ1v) is 5.82. The van der Waals surface area contributed by atoms with Crippen molar-refractivity contribution in [2.75, 3.05) is 13.6 Å². The van der Waals surface area contributed by atoms with E-state index in [9.17, 15) is 13.2 Å². The predicted octanol–water partition coefficient (Wildman–Crippen LogP) is 3.39. The van der Waals surface area contributed by atoms with E-state index in [0.29, 0.717) is 6.54 Å². The molecule has 1 aromatic carbocycles. The van der Waals surface area contributed by atoms with E-state index in [4.69, 9.17) is 4.74 Å². The van der Waals surface area contributed by atoms with Gasteiger partial charge >= 0.3 is 6.18 Å². The summed E-state index contributed by atoms with van der Waals surface area (Å²) in [7, 11) is 1.69. The van der Waals surface area contributed by atoms with Crippen LogP contribution in [-0.2, 0) is 10.9 Å². The Morgan fingerprint density at radius 2 is 1.83 bits per heavy atom. The van der Waals surface area contributed by atoms with E-state index in [1.807, 2.05) is 0 Å². The summed E-state index contributed by atoms with van der Waals surface area (Å²) in [6, 6.07) is 5.53. The average Bonchev–Trinajstić information content (AvgIpc) is 2.27. The summed E-state index contributed by atoms with van der Waals surface area (Å²) in [4.78, 5) is 0. The van der Waals surface area contributed by atoms with E-state index in [1.54, 1.807) is 27.0 Å². The molecule has 102 valence electrons. The fraction of sp³-hybridized carbons (Fsp3) is 0.538. The third kappa shape index (κ3) is 3.99. The highest BCUT2D eigenvalue weighted by molar-refractivity contribution is 5.31. The molecular formula is C13H18F3NO. The maximum atomic E-state index is 12.9. The molecule has 1 aromatic rings. The smallest absolute Gasteiger partial charge is 0.370 e. The number of hydrogen-bond acceptors (Lipinski definition) is 2. The highest BCUT2D eigenvalue weighted by atomic mass is 19.4. The Hall–Kier alpha value is -1.07. The van der Waals surface area contributed by atoms with Crippen LogP contribution in [0.25, 0.3) is 0 Å². The van der Waals surface area contributed by atoms with Gasteiger partial charge in [-0.05, 0) is 32.5 Å². The molecular weight excluding hydrogens is 243 g/mol. The first-order valence-electron chi connectivity index (χ1n) is 5.82. The fourth-order valence-electron chi connectivity index (χ4n) is 1.78. The fourth-order valence-corrected chi connectivity index (χ4v) is 1.78. The van der Waals surface area contributed by atoms with Crippen molar-refractivity contribution in [1.82, 2.24) is 5.32 Å². The Bertz CT molecular complexity index is 377. The number of rotatable bonds is 5. The average molecular weight is 261 g/mol. The number of ether oxygens (including phenoxy) is 1. The molecule has 1 atom stereocenters. The summed E-state index contributed by atoms with van der Waals surface area (Å²) in [6.07, 6.45) is -5.10. The molecule has 0 aromatic heterocycles. The van der Waals surface area contributed by atoms with Gasteiger partial charge in [0.05, 0.1) is 17.8 Å². The monoisotopic (exact) mass is 261 g/mol. The van der Waals surface area contributed by atoms with Crippen molar-refractivity contribution < 1.29 is 17.9 Å². The highest BCUT2D eigenvalue weighted by Gasteiger charge is 2.35. The van der Waals surface area contributed by atoms with Gasteiger partial charge in [0.15, 0.2) is 0 Å². The molecule has 0 aliphatic rings. The third-order valence-electron chi connectivity index (χ3n) is 2.44. The lowest BCUT2D eigenvalue weighted by Gasteiger charge is -2.23. The molecule has 0 spiro atoms. The summed E-state index contributed by atoms with van der Waals surface area (Å²) in [5, 5.41) is 2.86. The number of likely N-dealkylation sites (N-methyl/N-ethyl adjacent to an activating group) is 1. The molecule has 2 nitrogen and oxygen atoms in total. The van der Waals surface area contributed by atoms with Crippen LogP contribution < -0.4 is 5.32 Å². The van der Waals surface area contributed by atoms with Gasteiger partial charge in [0.25, 0.3) is 0 Å². The van der Waals surface area contributed by atoms with Crippen LogP contribution in [0.4, 0.5) is 13.2 Å². The highest BCUT2D eigenvalue weighted by Crippen LogP contribution is 2.35. The molecule has 0 heterocycles. The normalized spacial score (nSPS) is 13.9. The molecule has 0 radical (unpaired) electrons. The standard InChI is InChI=1S/C13H18F3NO/c1-9(2)18-12(8-17-3)10-6-4-5-7-11(10)13(14,15)16/h4-7,9,12,17H,8H2,1-3H3. The van der Waals surface area contributed by atoms with Gasteiger partial charge in [-0.25, -0.2) is 0 Å². The van der Waals surface area contributed by atoms with Crippen LogP contribution in [-0.4, -0.2) is 19.7 Å². The van der Waals surface area contributed by atoms with Crippen molar-refractivity contribution in [3.05, 3.63) is 35.4 Å². The van der Waals surface area contributed by atoms with Crippen LogP contribution in [0.2, 0.25) is 0 Å². The Balaban J connectivity index is 3.11. The number of alkyl halides is 3. The molecule has 0 aliphatic heterocycles. The van der Waals surface area contributed by atoms with Crippen LogP contribution in [0.15, 0.2) is 24.3 Å². The second-order valence-electron chi connectivity index (χ2n) is 4.32. The summed E-state index contributed by atoms with van der Waals surface area (Å²) in [6.45, 7) is 3.95. The van der Waals surface area contributed by atoms with Crippen molar-refractivity contribution in [3.63, 3.8) is 0 Å². The summed E-state index contributed by atoms with van der Waals surface area (Å²) in [5.41, 5.74) is -0.459. The zero-order valence-corrected chi connectivity index (χ0v) is 10.7. The van der Waals surface area contributed by atoms with Gasteiger partial charge < -0.3 is 10.1 Å². The van der Waals surface area contributed by atoms with E-state index in [1.165, 1.54) is 12.1 Å². The Kier molecular flexibility index (Phi) is 5.16. The molecule has 0 saturated heterocycles. The topological polar surface area (TPSA) is 21.3 Å². The lowest BCUT2D eigenvalue weighted by Crippen LogP contribution is -2.24. The summed E-state index contributed by atoms with van der Waals surface area (Å²) < 4.78 is 44.3.